The number of hydrogen-bond acceptors (Lipinski definition) is 5. The number of benzene rings is 2. The van der Waals surface area contributed by atoms with Crippen molar-refractivity contribution in [3.63, 3.8) is 0 Å². The van der Waals surface area contributed by atoms with E-state index in [-0.39, 0.29) is 18.2 Å². The zero-order valence-corrected chi connectivity index (χ0v) is 17.4. The van der Waals surface area contributed by atoms with Crippen LogP contribution in [-0.4, -0.2) is 27.1 Å². The van der Waals surface area contributed by atoms with Gasteiger partial charge in [0.25, 0.3) is 5.91 Å². The van der Waals surface area contributed by atoms with Crippen LogP contribution >= 0.6 is 23.1 Å². The number of anilines is 1. The van der Waals surface area contributed by atoms with Gasteiger partial charge in [-0.05, 0) is 19.1 Å². The molecule has 0 bridgehead atoms. The molecule has 146 valence electrons. The second-order valence-electron chi connectivity index (χ2n) is 6.74. The van der Waals surface area contributed by atoms with E-state index in [1.807, 2.05) is 35.7 Å². The molecule has 1 atom stereocenters. The predicted octanol–water partition coefficient (Wildman–Crippen LogP) is 4.73. The molecule has 1 N–H and O–H groups in total. The minimum absolute atomic E-state index is 0.109. The van der Waals surface area contributed by atoms with Crippen molar-refractivity contribution < 1.29 is 9.59 Å². The van der Waals surface area contributed by atoms with Gasteiger partial charge in [-0.15, -0.1) is 11.3 Å². The van der Waals surface area contributed by atoms with Crippen molar-refractivity contribution >= 4 is 45.6 Å². The van der Waals surface area contributed by atoms with Crippen molar-refractivity contribution in [1.29, 1.82) is 0 Å². The highest BCUT2D eigenvalue weighted by molar-refractivity contribution is 8.15. The summed E-state index contributed by atoms with van der Waals surface area (Å²) >= 11 is 2.92. The number of thioether (sulfide) groups is 1. The molecule has 29 heavy (non-hydrogen) atoms. The van der Waals surface area contributed by atoms with Gasteiger partial charge in [0.15, 0.2) is 0 Å². The van der Waals surface area contributed by atoms with Gasteiger partial charge >= 0.3 is 0 Å². The zero-order chi connectivity index (χ0) is 20.2. The maximum absolute atomic E-state index is 12.2. The number of amides is 2. The summed E-state index contributed by atoms with van der Waals surface area (Å²) in [5.74, 6) is -0.432. The Hall–Kier alpha value is -2.77. The fourth-order valence-corrected chi connectivity index (χ4v) is 4.90. The molecule has 2 amide bonds. The number of thiazole rings is 1. The fourth-order valence-electron chi connectivity index (χ4n) is 2.93. The highest BCUT2D eigenvalue weighted by atomic mass is 32.2. The summed E-state index contributed by atoms with van der Waals surface area (Å²) in [4.78, 5) is 33.3. The van der Waals surface area contributed by atoms with Crippen molar-refractivity contribution in [2.75, 3.05) is 5.32 Å². The molecule has 0 radical (unpaired) electrons. The van der Waals surface area contributed by atoms with E-state index >= 15 is 0 Å². The number of nitrogens with one attached hydrogen (secondary N) is 1. The van der Waals surface area contributed by atoms with Crippen LogP contribution in [0.4, 0.5) is 5.69 Å². The summed E-state index contributed by atoms with van der Waals surface area (Å²) in [5.41, 5.74) is 3.94. The first kappa shape index (κ1) is 19.5. The van der Waals surface area contributed by atoms with E-state index in [2.05, 4.69) is 46.5 Å². The summed E-state index contributed by atoms with van der Waals surface area (Å²) < 4.78 is 0. The minimum Gasteiger partial charge on any atom is -0.326 e. The monoisotopic (exact) mass is 421 g/mol. The summed E-state index contributed by atoms with van der Waals surface area (Å²) in [7, 11) is 0. The maximum atomic E-state index is 12.2. The zero-order valence-electron chi connectivity index (χ0n) is 15.8. The Morgan fingerprint density at radius 1 is 1.10 bits per heavy atom. The van der Waals surface area contributed by atoms with E-state index in [4.69, 9.17) is 0 Å². The highest BCUT2D eigenvalue weighted by Crippen LogP contribution is 2.29. The molecule has 4 rings (SSSR count). The Bertz CT molecular complexity index is 1060. The van der Waals surface area contributed by atoms with Crippen LogP contribution < -0.4 is 5.32 Å². The first-order valence-corrected chi connectivity index (χ1v) is 11.0. The molecule has 7 heteroatoms. The van der Waals surface area contributed by atoms with E-state index < -0.39 is 5.25 Å². The van der Waals surface area contributed by atoms with Crippen LogP contribution in [-0.2, 0) is 16.0 Å². The van der Waals surface area contributed by atoms with Crippen LogP contribution in [0.1, 0.15) is 17.0 Å². The van der Waals surface area contributed by atoms with Gasteiger partial charge < -0.3 is 5.32 Å². The lowest BCUT2D eigenvalue weighted by Crippen LogP contribution is -2.21. The van der Waals surface area contributed by atoms with Crippen LogP contribution in [0, 0.1) is 6.92 Å². The Labute approximate surface area is 177 Å². The fraction of sp³-hybridized carbons (Fsp3) is 0.182. The van der Waals surface area contributed by atoms with Crippen molar-refractivity contribution in [3.05, 3.63) is 70.5 Å². The summed E-state index contributed by atoms with van der Waals surface area (Å²) in [6, 6.07) is 17.5. The average Bonchev–Trinajstić information content (AvgIpc) is 3.30. The van der Waals surface area contributed by atoms with E-state index in [1.54, 1.807) is 11.3 Å². The van der Waals surface area contributed by atoms with Gasteiger partial charge in [-0.1, -0.05) is 59.8 Å². The van der Waals surface area contributed by atoms with Crippen molar-refractivity contribution in [2.24, 2.45) is 4.99 Å². The van der Waals surface area contributed by atoms with Gasteiger partial charge in [0.05, 0.1) is 15.7 Å². The molecule has 0 saturated carbocycles. The van der Waals surface area contributed by atoms with Crippen LogP contribution in [0.5, 0.6) is 0 Å². The molecule has 0 aliphatic carbocycles. The number of aryl methyl sites for hydroxylation is 1. The lowest BCUT2D eigenvalue weighted by atomic mass is 10.1. The van der Waals surface area contributed by atoms with Crippen LogP contribution in [0.2, 0.25) is 0 Å². The second-order valence-corrected chi connectivity index (χ2v) is 8.96. The number of para-hydroxylation sites is 1. The first-order valence-electron chi connectivity index (χ1n) is 9.21. The Kier molecular flexibility index (Phi) is 5.87. The number of aromatic nitrogens is 1. The molecule has 0 saturated heterocycles. The Morgan fingerprint density at radius 3 is 2.62 bits per heavy atom. The average molecular weight is 422 g/mol. The molecule has 0 spiro atoms. The molecule has 1 aliphatic rings. The standard InChI is InChI=1S/C22H19N3O2S2/c1-14-7-9-15(10-8-14)17-13-28-20(24-17)12-21-25-22(27)18(29-21)11-19(26)23-16-5-3-2-4-6-16/h2-10,13,18H,11-12H2,1H3,(H,23,26)/t18-/m0/s1. The van der Waals surface area contributed by atoms with Gasteiger partial charge in [0, 0.05) is 29.5 Å². The summed E-state index contributed by atoms with van der Waals surface area (Å²) in [6.45, 7) is 2.05. The lowest BCUT2D eigenvalue weighted by molar-refractivity contribution is -0.121. The van der Waals surface area contributed by atoms with E-state index in [0.717, 1.165) is 27.0 Å². The van der Waals surface area contributed by atoms with Gasteiger partial charge in [0.1, 0.15) is 5.25 Å². The largest absolute Gasteiger partial charge is 0.326 e. The Balaban J connectivity index is 1.34. The van der Waals surface area contributed by atoms with Crippen LogP contribution in [0.25, 0.3) is 11.3 Å². The van der Waals surface area contributed by atoms with Crippen molar-refractivity contribution in [3.8, 4) is 11.3 Å². The third-order valence-corrected chi connectivity index (χ3v) is 6.43. The summed E-state index contributed by atoms with van der Waals surface area (Å²) in [6.07, 6.45) is 0.627. The van der Waals surface area contributed by atoms with Gasteiger partial charge in [0.2, 0.25) is 5.91 Å². The molecule has 1 aromatic heterocycles. The Morgan fingerprint density at radius 2 is 1.86 bits per heavy atom. The second kappa shape index (κ2) is 8.71. The van der Waals surface area contributed by atoms with Crippen LogP contribution in [0.15, 0.2) is 65.0 Å². The van der Waals surface area contributed by atoms with E-state index in [0.29, 0.717) is 6.42 Å². The molecule has 0 fully saturated rings. The highest BCUT2D eigenvalue weighted by Gasteiger charge is 2.30. The van der Waals surface area contributed by atoms with Gasteiger partial charge in [-0.25, -0.2) is 9.98 Å². The lowest BCUT2D eigenvalue weighted by Gasteiger charge is -2.08. The quantitative estimate of drug-likeness (QED) is 0.625. The smallest absolute Gasteiger partial charge is 0.260 e. The van der Waals surface area contributed by atoms with Crippen LogP contribution in [0.3, 0.4) is 0 Å². The molecule has 5 nitrogen and oxygen atoms in total. The number of aliphatic imine (C=N–C) groups is 1. The number of carbonyl (C=O) groups excluding carboxylic acids is 2. The number of rotatable bonds is 6. The third kappa shape index (κ3) is 4.99. The third-order valence-electron chi connectivity index (χ3n) is 4.42. The predicted molar refractivity (Wildman–Crippen MR) is 120 cm³/mol. The minimum atomic E-state index is -0.467. The number of nitrogens with zero attached hydrogens (tertiary/aromatic N) is 2. The molecule has 1 aliphatic heterocycles. The molecule has 3 aromatic rings. The molecule has 2 aromatic carbocycles. The van der Waals surface area contributed by atoms with Gasteiger partial charge in [-0.2, -0.15) is 0 Å². The molecular formula is C22H19N3O2S2. The van der Waals surface area contributed by atoms with Crippen molar-refractivity contribution in [2.45, 2.75) is 25.0 Å². The van der Waals surface area contributed by atoms with E-state index in [1.165, 1.54) is 17.3 Å². The SMILES string of the molecule is Cc1ccc(-c2csc(CC3=NC(=O)[C@H](CC(=O)Nc4ccccc4)S3)n2)cc1. The maximum Gasteiger partial charge on any atom is 0.260 e. The van der Waals surface area contributed by atoms with Crippen molar-refractivity contribution in [1.82, 2.24) is 4.98 Å². The topological polar surface area (TPSA) is 71.4 Å². The number of carbonyl (C=O) groups is 2. The molecular weight excluding hydrogens is 402 g/mol. The molecule has 0 unspecified atom stereocenters. The summed E-state index contributed by atoms with van der Waals surface area (Å²) in [5, 5.41) is 6.00. The number of hydrogen-bond donors (Lipinski definition) is 1. The van der Waals surface area contributed by atoms with E-state index in [9.17, 15) is 9.59 Å². The van der Waals surface area contributed by atoms with Gasteiger partial charge in [-0.3, -0.25) is 9.59 Å². The molecule has 2 heterocycles. The first-order chi connectivity index (χ1) is 14.1. The normalized spacial score (nSPS) is 16.0.